The highest BCUT2D eigenvalue weighted by Crippen LogP contribution is 2.34. The van der Waals surface area contributed by atoms with Crippen LogP contribution in [0.5, 0.6) is 17.2 Å². The van der Waals surface area contributed by atoms with Crippen LogP contribution < -0.4 is 19.5 Å². The first-order valence-corrected chi connectivity index (χ1v) is 11.3. The molecule has 10 nitrogen and oxygen atoms in total. The van der Waals surface area contributed by atoms with Gasteiger partial charge in [0.15, 0.2) is 24.7 Å². The number of benzene rings is 2. The number of aryl methyl sites for hydroxylation is 1. The lowest BCUT2D eigenvalue weighted by atomic mass is 9.95. The summed E-state index contributed by atoms with van der Waals surface area (Å²) >= 11 is 0. The van der Waals surface area contributed by atoms with Crippen LogP contribution in [0.1, 0.15) is 47.5 Å². The number of carbonyl (C=O) groups is 2. The van der Waals surface area contributed by atoms with E-state index in [1.165, 1.54) is 0 Å². The maximum absolute atomic E-state index is 12.5. The van der Waals surface area contributed by atoms with Crippen LogP contribution in [0.4, 0.5) is 0 Å². The lowest BCUT2D eigenvalue weighted by Crippen LogP contribution is -2.35. The van der Waals surface area contributed by atoms with Gasteiger partial charge in [-0.15, -0.1) is 0 Å². The Labute approximate surface area is 202 Å². The molecule has 0 aliphatic carbocycles. The molecule has 0 fully saturated rings. The Bertz CT molecular complexity index is 1170. The Morgan fingerprint density at radius 1 is 1.06 bits per heavy atom. The van der Waals surface area contributed by atoms with Crippen LogP contribution in [0.15, 0.2) is 47.0 Å². The number of hydrogen-bond donors (Lipinski definition) is 1. The molecule has 184 valence electrons. The van der Waals surface area contributed by atoms with Crippen LogP contribution in [-0.2, 0) is 16.1 Å². The second-order valence-electron chi connectivity index (χ2n) is 8.31. The molecule has 4 rings (SSSR count). The van der Waals surface area contributed by atoms with Gasteiger partial charge in [-0.3, -0.25) is 4.79 Å². The topological polar surface area (TPSA) is 122 Å². The molecule has 1 atom stereocenters. The molecule has 1 aliphatic rings. The van der Waals surface area contributed by atoms with E-state index in [1.54, 1.807) is 31.2 Å². The van der Waals surface area contributed by atoms with Crippen molar-refractivity contribution in [2.75, 3.05) is 19.8 Å². The van der Waals surface area contributed by atoms with E-state index in [4.69, 9.17) is 23.5 Å². The SMILES string of the molecule is Cc1nc(COc2ccc(C(=O)OCC(=O)N[C@H](c3ccc4c(c3)OCCO4)C(C)C)cc2)no1. The molecule has 35 heavy (non-hydrogen) atoms. The molecule has 0 spiro atoms. The highest BCUT2D eigenvalue weighted by molar-refractivity contribution is 5.91. The largest absolute Gasteiger partial charge is 0.486 e. The van der Waals surface area contributed by atoms with Gasteiger partial charge in [0.2, 0.25) is 11.7 Å². The molecule has 2 heterocycles. The van der Waals surface area contributed by atoms with Gasteiger partial charge in [-0.25, -0.2) is 4.79 Å². The molecule has 1 N–H and O–H groups in total. The highest BCUT2D eigenvalue weighted by atomic mass is 16.6. The molecule has 0 bridgehead atoms. The Balaban J connectivity index is 1.28. The van der Waals surface area contributed by atoms with Crippen LogP contribution in [0.25, 0.3) is 0 Å². The third-order valence-electron chi connectivity index (χ3n) is 5.27. The summed E-state index contributed by atoms with van der Waals surface area (Å²) in [5.74, 6) is 1.83. The minimum absolute atomic E-state index is 0.0983. The van der Waals surface area contributed by atoms with Crippen molar-refractivity contribution in [3.05, 3.63) is 65.3 Å². The molecular weight excluding hydrogens is 454 g/mol. The van der Waals surface area contributed by atoms with E-state index in [2.05, 4.69) is 15.5 Å². The summed E-state index contributed by atoms with van der Waals surface area (Å²) in [5, 5.41) is 6.69. The quantitative estimate of drug-likeness (QED) is 0.458. The summed E-state index contributed by atoms with van der Waals surface area (Å²) in [6.07, 6.45) is 0. The number of hydrogen-bond acceptors (Lipinski definition) is 9. The molecule has 1 amide bonds. The first kappa shape index (κ1) is 24.1. The van der Waals surface area contributed by atoms with Gasteiger partial charge >= 0.3 is 5.97 Å². The molecule has 3 aromatic rings. The molecule has 1 aromatic heterocycles. The smallest absolute Gasteiger partial charge is 0.338 e. The molecule has 1 aliphatic heterocycles. The Morgan fingerprint density at radius 3 is 2.49 bits per heavy atom. The fourth-order valence-electron chi connectivity index (χ4n) is 3.55. The molecule has 2 aromatic carbocycles. The van der Waals surface area contributed by atoms with Crippen LogP contribution >= 0.6 is 0 Å². The number of nitrogens with one attached hydrogen (secondary N) is 1. The van der Waals surface area contributed by atoms with Crippen LogP contribution in [0.2, 0.25) is 0 Å². The normalized spacial score (nSPS) is 13.3. The van der Waals surface area contributed by atoms with Gasteiger partial charge in [0, 0.05) is 6.92 Å². The van der Waals surface area contributed by atoms with Gasteiger partial charge in [0.1, 0.15) is 19.0 Å². The van der Waals surface area contributed by atoms with E-state index in [-0.39, 0.29) is 18.6 Å². The molecule has 10 heteroatoms. The lowest BCUT2D eigenvalue weighted by molar-refractivity contribution is -0.125. The number of amides is 1. The Morgan fingerprint density at radius 2 is 1.80 bits per heavy atom. The van der Waals surface area contributed by atoms with Gasteiger partial charge in [-0.1, -0.05) is 25.1 Å². The number of nitrogens with zero attached hydrogens (tertiary/aromatic N) is 2. The Hall–Kier alpha value is -4.08. The van der Waals surface area contributed by atoms with Crippen molar-refractivity contribution in [1.29, 1.82) is 0 Å². The maximum Gasteiger partial charge on any atom is 0.338 e. The summed E-state index contributed by atoms with van der Waals surface area (Å²) in [6, 6.07) is 11.7. The van der Waals surface area contributed by atoms with Crippen molar-refractivity contribution < 1.29 is 33.1 Å². The highest BCUT2D eigenvalue weighted by Gasteiger charge is 2.22. The second-order valence-corrected chi connectivity index (χ2v) is 8.31. The van der Waals surface area contributed by atoms with E-state index >= 15 is 0 Å². The zero-order valence-electron chi connectivity index (χ0n) is 19.8. The summed E-state index contributed by atoms with van der Waals surface area (Å²) in [6.45, 7) is 6.42. The maximum atomic E-state index is 12.5. The third kappa shape index (κ3) is 6.28. The number of esters is 1. The fourth-order valence-corrected chi connectivity index (χ4v) is 3.55. The molecule has 0 saturated heterocycles. The summed E-state index contributed by atoms with van der Waals surface area (Å²) in [7, 11) is 0. The summed E-state index contributed by atoms with van der Waals surface area (Å²) in [5.41, 5.74) is 1.18. The van der Waals surface area contributed by atoms with Crippen molar-refractivity contribution in [2.45, 2.75) is 33.4 Å². The lowest BCUT2D eigenvalue weighted by Gasteiger charge is -2.25. The van der Waals surface area contributed by atoms with Gasteiger partial charge in [-0.2, -0.15) is 4.98 Å². The first-order chi connectivity index (χ1) is 16.9. The predicted molar refractivity (Wildman–Crippen MR) is 123 cm³/mol. The molecule has 0 radical (unpaired) electrons. The zero-order chi connectivity index (χ0) is 24.8. The minimum Gasteiger partial charge on any atom is -0.486 e. The van der Waals surface area contributed by atoms with Crippen molar-refractivity contribution in [3.8, 4) is 17.2 Å². The van der Waals surface area contributed by atoms with E-state index in [9.17, 15) is 9.59 Å². The van der Waals surface area contributed by atoms with Crippen molar-refractivity contribution in [1.82, 2.24) is 15.5 Å². The van der Waals surface area contributed by atoms with Gasteiger partial charge < -0.3 is 28.8 Å². The van der Waals surface area contributed by atoms with Crippen molar-refractivity contribution in [2.24, 2.45) is 5.92 Å². The average Bonchev–Trinajstić information content (AvgIpc) is 3.29. The van der Waals surface area contributed by atoms with Crippen LogP contribution in [0.3, 0.4) is 0 Å². The standard InChI is InChI=1S/C25H27N3O7/c1-15(2)24(18-6-9-20-21(12-18)32-11-10-31-20)27-23(29)14-34-25(30)17-4-7-19(8-5-17)33-13-22-26-16(3)35-28-22/h4-9,12,15,24H,10-11,13-14H2,1-3H3,(H,27,29)/t24-/m0/s1. The molecular formula is C25H27N3O7. The van der Waals surface area contributed by atoms with Crippen LogP contribution in [-0.4, -0.2) is 41.8 Å². The van der Waals surface area contributed by atoms with Gasteiger partial charge in [0.25, 0.3) is 5.91 Å². The summed E-state index contributed by atoms with van der Waals surface area (Å²) in [4.78, 5) is 29.0. The number of aromatic nitrogens is 2. The van der Waals surface area contributed by atoms with Crippen molar-refractivity contribution in [3.63, 3.8) is 0 Å². The van der Waals surface area contributed by atoms with E-state index in [1.807, 2.05) is 32.0 Å². The zero-order valence-corrected chi connectivity index (χ0v) is 19.8. The minimum atomic E-state index is -0.610. The van der Waals surface area contributed by atoms with Gasteiger partial charge in [0.05, 0.1) is 11.6 Å². The molecule has 0 unspecified atom stereocenters. The monoisotopic (exact) mass is 481 g/mol. The van der Waals surface area contributed by atoms with E-state index in [0.717, 1.165) is 5.56 Å². The van der Waals surface area contributed by atoms with E-state index in [0.29, 0.717) is 47.7 Å². The third-order valence-corrected chi connectivity index (χ3v) is 5.27. The van der Waals surface area contributed by atoms with Crippen molar-refractivity contribution >= 4 is 11.9 Å². The van der Waals surface area contributed by atoms with E-state index < -0.39 is 18.5 Å². The Kier molecular flexibility index (Phi) is 7.49. The average molecular weight is 482 g/mol. The number of fused-ring (bicyclic) bond motifs is 1. The van der Waals surface area contributed by atoms with Gasteiger partial charge in [-0.05, 0) is 47.9 Å². The summed E-state index contributed by atoms with van der Waals surface area (Å²) < 4.78 is 26.9. The number of ether oxygens (including phenoxy) is 4. The first-order valence-electron chi connectivity index (χ1n) is 11.3. The van der Waals surface area contributed by atoms with Crippen LogP contribution in [0, 0.1) is 12.8 Å². The number of rotatable bonds is 9. The second kappa shape index (κ2) is 10.9. The molecule has 0 saturated carbocycles. The number of carbonyl (C=O) groups excluding carboxylic acids is 2. The fraction of sp³-hybridized carbons (Fsp3) is 0.360. The predicted octanol–water partition coefficient (Wildman–Crippen LogP) is 3.40.